The SMILES string of the molecule is COc1ccc(C(=O)N2CC(N(Cc3ccncc3)CC(C)C)C2)cc1F. The molecule has 0 bridgehead atoms. The number of ether oxygens (including phenoxy) is 1. The van der Waals surface area contributed by atoms with Crippen LogP contribution in [0.15, 0.2) is 42.7 Å². The van der Waals surface area contributed by atoms with Crippen LogP contribution < -0.4 is 4.74 Å². The number of benzene rings is 1. The molecule has 1 aliphatic heterocycles. The summed E-state index contributed by atoms with van der Waals surface area (Å²) >= 11 is 0. The van der Waals surface area contributed by atoms with E-state index < -0.39 is 5.82 Å². The van der Waals surface area contributed by atoms with Crippen molar-refractivity contribution in [3.8, 4) is 5.75 Å². The number of halogens is 1. The van der Waals surface area contributed by atoms with Crippen LogP contribution in [0.5, 0.6) is 5.75 Å². The highest BCUT2D eigenvalue weighted by Gasteiger charge is 2.35. The van der Waals surface area contributed by atoms with Gasteiger partial charge in [0.15, 0.2) is 11.6 Å². The van der Waals surface area contributed by atoms with E-state index in [2.05, 4.69) is 23.7 Å². The number of aromatic nitrogens is 1. The van der Waals surface area contributed by atoms with E-state index in [1.165, 1.54) is 24.8 Å². The summed E-state index contributed by atoms with van der Waals surface area (Å²) < 4.78 is 18.8. The second kappa shape index (κ2) is 8.48. The monoisotopic (exact) mass is 371 g/mol. The summed E-state index contributed by atoms with van der Waals surface area (Å²) in [6.07, 6.45) is 3.61. The van der Waals surface area contributed by atoms with Crippen LogP contribution in [0.25, 0.3) is 0 Å². The van der Waals surface area contributed by atoms with Crippen molar-refractivity contribution < 1.29 is 13.9 Å². The molecule has 27 heavy (non-hydrogen) atoms. The minimum absolute atomic E-state index is 0.138. The van der Waals surface area contributed by atoms with Gasteiger partial charge in [0.2, 0.25) is 0 Å². The fraction of sp³-hybridized carbons (Fsp3) is 0.429. The Morgan fingerprint density at radius 3 is 2.59 bits per heavy atom. The third-order valence-corrected chi connectivity index (χ3v) is 4.80. The van der Waals surface area contributed by atoms with Gasteiger partial charge in [0.05, 0.1) is 7.11 Å². The van der Waals surface area contributed by atoms with Gasteiger partial charge in [-0.25, -0.2) is 4.39 Å². The summed E-state index contributed by atoms with van der Waals surface area (Å²) in [6, 6.07) is 8.71. The van der Waals surface area contributed by atoms with Crippen molar-refractivity contribution in [3.05, 3.63) is 59.7 Å². The van der Waals surface area contributed by atoms with Gasteiger partial charge in [-0.1, -0.05) is 13.8 Å². The molecule has 0 N–H and O–H groups in total. The van der Waals surface area contributed by atoms with E-state index in [1.807, 2.05) is 12.1 Å². The molecule has 1 fully saturated rings. The van der Waals surface area contributed by atoms with Crippen LogP contribution in [0.4, 0.5) is 4.39 Å². The van der Waals surface area contributed by atoms with Crippen LogP contribution in [0, 0.1) is 11.7 Å². The number of pyridine rings is 1. The maximum absolute atomic E-state index is 13.9. The van der Waals surface area contributed by atoms with Gasteiger partial charge in [-0.05, 0) is 41.8 Å². The maximum Gasteiger partial charge on any atom is 0.254 e. The van der Waals surface area contributed by atoms with Crippen molar-refractivity contribution in [1.29, 1.82) is 0 Å². The second-order valence-electron chi connectivity index (χ2n) is 7.39. The first-order valence-electron chi connectivity index (χ1n) is 9.23. The van der Waals surface area contributed by atoms with Gasteiger partial charge in [-0.15, -0.1) is 0 Å². The Bertz CT molecular complexity index is 776. The Morgan fingerprint density at radius 1 is 1.30 bits per heavy atom. The summed E-state index contributed by atoms with van der Waals surface area (Å²) in [7, 11) is 1.41. The highest BCUT2D eigenvalue weighted by Crippen LogP contribution is 2.23. The molecule has 1 aromatic heterocycles. The molecule has 1 amide bonds. The molecule has 1 aliphatic rings. The first-order chi connectivity index (χ1) is 13.0. The number of carbonyl (C=O) groups is 1. The van der Waals surface area contributed by atoms with Gasteiger partial charge in [-0.3, -0.25) is 14.7 Å². The van der Waals surface area contributed by atoms with Crippen LogP contribution in [0.3, 0.4) is 0 Å². The summed E-state index contributed by atoms with van der Waals surface area (Å²) in [5.74, 6) is 0.0292. The third-order valence-electron chi connectivity index (χ3n) is 4.80. The number of likely N-dealkylation sites (tertiary alicyclic amines) is 1. The highest BCUT2D eigenvalue weighted by molar-refractivity contribution is 5.95. The summed E-state index contributed by atoms with van der Waals surface area (Å²) in [4.78, 5) is 20.9. The Morgan fingerprint density at radius 2 is 2.00 bits per heavy atom. The van der Waals surface area contributed by atoms with Crippen molar-refractivity contribution >= 4 is 5.91 Å². The number of hydrogen-bond acceptors (Lipinski definition) is 4. The first-order valence-corrected chi connectivity index (χ1v) is 9.23. The molecule has 0 aliphatic carbocycles. The van der Waals surface area contributed by atoms with E-state index in [-0.39, 0.29) is 11.7 Å². The number of carbonyl (C=O) groups excluding carboxylic acids is 1. The lowest BCUT2D eigenvalue weighted by atomic mass is 10.0. The third kappa shape index (κ3) is 4.63. The van der Waals surface area contributed by atoms with Crippen molar-refractivity contribution in [3.63, 3.8) is 0 Å². The number of amides is 1. The zero-order chi connectivity index (χ0) is 19.4. The minimum atomic E-state index is -0.514. The van der Waals surface area contributed by atoms with Gasteiger partial charge in [0, 0.05) is 50.2 Å². The lowest BCUT2D eigenvalue weighted by molar-refractivity contribution is 0.0197. The lowest BCUT2D eigenvalue weighted by Crippen LogP contribution is -2.61. The molecule has 3 rings (SSSR count). The molecule has 0 spiro atoms. The number of nitrogens with zero attached hydrogens (tertiary/aromatic N) is 3. The maximum atomic E-state index is 13.9. The lowest BCUT2D eigenvalue weighted by Gasteiger charge is -2.46. The topological polar surface area (TPSA) is 45.7 Å². The van der Waals surface area contributed by atoms with E-state index in [1.54, 1.807) is 23.4 Å². The second-order valence-corrected chi connectivity index (χ2v) is 7.39. The van der Waals surface area contributed by atoms with Gasteiger partial charge in [0.1, 0.15) is 0 Å². The zero-order valence-electron chi connectivity index (χ0n) is 16.1. The highest BCUT2D eigenvalue weighted by atomic mass is 19.1. The van der Waals surface area contributed by atoms with Crippen molar-refractivity contribution in [2.45, 2.75) is 26.4 Å². The van der Waals surface area contributed by atoms with Crippen molar-refractivity contribution in [2.24, 2.45) is 5.92 Å². The fourth-order valence-corrected chi connectivity index (χ4v) is 3.37. The Balaban J connectivity index is 1.63. The Labute approximate surface area is 159 Å². The van der Waals surface area contributed by atoms with Crippen LogP contribution in [0.1, 0.15) is 29.8 Å². The zero-order valence-corrected chi connectivity index (χ0v) is 16.1. The largest absolute Gasteiger partial charge is 0.494 e. The van der Waals surface area contributed by atoms with Crippen LogP contribution in [-0.4, -0.2) is 53.5 Å². The molecule has 0 saturated carbocycles. The van der Waals surface area contributed by atoms with Gasteiger partial charge in [0.25, 0.3) is 5.91 Å². The van der Waals surface area contributed by atoms with Crippen LogP contribution >= 0.6 is 0 Å². The van der Waals surface area contributed by atoms with Crippen LogP contribution in [0.2, 0.25) is 0 Å². The molecular weight excluding hydrogens is 345 g/mol. The molecule has 6 heteroatoms. The van der Waals surface area contributed by atoms with Crippen LogP contribution in [-0.2, 0) is 6.54 Å². The molecule has 1 saturated heterocycles. The van der Waals surface area contributed by atoms with E-state index in [4.69, 9.17) is 4.74 Å². The summed E-state index contributed by atoms with van der Waals surface area (Å²) in [5, 5.41) is 0. The average Bonchev–Trinajstić information content (AvgIpc) is 2.60. The molecule has 2 heterocycles. The van der Waals surface area contributed by atoms with E-state index in [9.17, 15) is 9.18 Å². The number of hydrogen-bond donors (Lipinski definition) is 0. The summed E-state index contributed by atoms with van der Waals surface area (Å²) in [6.45, 7) is 7.51. The van der Waals surface area contributed by atoms with Gasteiger partial charge in [-0.2, -0.15) is 0 Å². The molecule has 5 nitrogen and oxygen atoms in total. The van der Waals surface area contributed by atoms with E-state index >= 15 is 0 Å². The Kier molecular flexibility index (Phi) is 6.06. The van der Waals surface area contributed by atoms with Gasteiger partial charge < -0.3 is 9.64 Å². The van der Waals surface area contributed by atoms with E-state index in [0.717, 1.165) is 13.1 Å². The van der Waals surface area contributed by atoms with Crippen molar-refractivity contribution in [2.75, 3.05) is 26.7 Å². The number of rotatable bonds is 7. The fourth-order valence-electron chi connectivity index (χ4n) is 3.37. The number of methoxy groups -OCH3 is 1. The standard InChI is InChI=1S/C21H26FN3O2/c1-15(2)11-24(12-16-6-8-23-9-7-16)18-13-25(14-18)21(26)17-4-5-20(27-3)19(22)10-17/h4-10,15,18H,11-14H2,1-3H3. The molecule has 0 unspecified atom stereocenters. The predicted molar refractivity (Wildman–Crippen MR) is 102 cm³/mol. The Hall–Kier alpha value is -2.47. The molecular formula is C21H26FN3O2. The predicted octanol–water partition coefficient (Wildman–Crippen LogP) is 3.21. The normalized spacial score (nSPS) is 14.5. The van der Waals surface area contributed by atoms with Crippen molar-refractivity contribution in [1.82, 2.24) is 14.8 Å². The minimum Gasteiger partial charge on any atom is -0.494 e. The molecule has 0 atom stereocenters. The smallest absolute Gasteiger partial charge is 0.254 e. The first kappa shape index (κ1) is 19.3. The molecule has 0 radical (unpaired) electrons. The van der Waals surface area contributed by atoms with Gasteiger partial charge >= 0.3 is 0 Å². The quantitative estimate of drug-likeness (QED) is 0.750. The summed E-state index contributed by atoms with van der Waals surface area (Å²) in [5.41, 5.74) is 1.57. The molecule has 1 aromatic carbocycles. The average molecular weight is 371 g/mol. The van der Waals surface area contributed by atoms with E-state index in [0.29, 0.717) is 30.6 Å². The molecule has 2 aromatic rings. The molecule has 144 valence electrons.